The molecule has 0 saturated carbocycles. The summed E-state index contributed by atoms with van der Waals surface area (Å²) in [4.78, 5) is 10.8. The quantitative estimate of drug-likeness (QED) is 0.146. The maximum atomic E-state index is 5.59. The average molecular weight is 932 g/mol. The summed E-state index contributed by atoms with van der Waals surface area (Å²) in [5.74, 6) is 1.26. The van der Waals surface area contributed by atoms with E-state index in [-0.39, 0.29) is 0 Å². The van der Waals surface area contributed by atoms with Gasteiger partial charge in [0.1, 0.15) is 5.82 Å². The molecule has 0 radical (unpaired) electrons. The summed E-state index contributed by atoms with van der Waals surface area (Å²) in [6, 6.07) is 93.4. The van der Waals surface area contributed by atoms with Gasteiger partial charge < -0.3 is 0 Å². The second-order valence-corrected chi connectivity index (χ2v) is 19.6. The lowest BCUT2D eigenvalue weighted by molar-refractivity contribution is 0.642. The van der Waals surface area contributed by atoms with Crippen LogP contribution in [0.4, 0.5) is 5.69 Å². The van der Waals surface area contributed by atoms with Crippen molar-refractivity contribution in [2.75, 3.05) is 0 Å². The highest BCUT2D eigenvalue weighted by Crippen LogP contribution is 2.47. The molecule has 2 heterocycles. The van der Waals surface area contributed by atoms with Crippen LogP contribution >= 0.6 is 0 Å². The van der Waals surface area contributed by atoms with Crippen LogP contribution in [0.15, 0.2) is 260 Å². The van der Waals surface area contributed by atoms with Crippen LogP contribution in [-0.4, -0.2) is 15.3 Å². The van der Waals surface area contributed by atoms with Crippen molar-refractivity contribution in [3.8, 4) is 50.5 Å². The summed E-state index contributed by atoms with van der Waals surface area (Å²) in [5.41, 5.74) is 17.4. The summed E-state index contributed by atoms with van der Waals surface area (Å²) in [7, 11) is 0. The molecule has 1 aliphatic rings. The number of imidazole rings is 1. The van der Waals surface area contributed by atoms with Crippen molar-refractivity contribution < 1.29 is 0 Å². The normalized spacial score (nSPS) is 13.8. The van der Waals surface area contributed by atoms with E-state index >= 15 is 0 Å². The lowest BCUT2D eigenvalue weighted by atomic mass is 9.82. The minimum Gasteiger partial charge on any atom is -0.292 e. The van der Waals surface area contributed by atoms with Crippen molar-refractivity contribution in [1.29, 1.82) is 0 Å². The molecule has 1 atom stereocenters. The number of hydrogen-bond donors (Lipinski definition) is 0. The number of aliphatic imine (C=N–C) groups is 1. The molecular formula is C70H49N3. The van der Waals surface area contributed by atoms with E-state index in [0.29, 0.717) is 5.92 Å². The van der Waals surface area contributed by atoms with Gasteiger partial charge in [0.15, 0.2) is 0 Å². The molecule has 1 aliphatic heterocycles. The van der Waals surface area contributed by atoms with Crippen molar-refractivity contribution in [1.82, 2.24) is 9.55 Å². The van der Waals surface area contributed by atoms with Crippen LogP contribution in [-0.2, 0) is 6.42 Å². The van der Waals surface area contributed by atoms with Gasteiger partial charge in [-0.25, -0.2) is 4.98 Å². The average Bonchev–Trinajstić information content (AvgIpc) is 3.86. The molecule has 0 bridgehead atoms. The molecule has 0 aliphatic carbocycles. The summed E-state index contributed by atoms with van der Waals surface area (Å²) in [6.07, 6.45) is 2.92. The van der Waals surface area contributed by atoms with Gasteiger partial charge in [-0.05, 0) is 173 Å². The Kier molecular flexibility index (Phi) is 10.5. The predicted octanol–water partition coefficient (Wildman–Crippen LogP) is 18.5. The smallest absolute Gasteiger partial charge is 0.145 e. The van der Waals surface area contributed by atoms with Crippen molar-refractivity contribution in [3.63, 3.8) is 0 Å². The minimum absolute atomic E-state index is 0.339. The molecule has 3 nitrogen and oxygen atoms in total. The molecule has 0 amide bonds. The van der Waals surface area contributed by atoms with Crippen LogP contribution in [0.2, 0.25) is 0 Å². The predicted molar refractivity (Wildman–Crippen MR) is 308 cm³/mol. The molecular weight excluding hydrogens is 883 g/mol. The Balaban J connectivity index is 0.997. The van der Waals surface area contributed by atoms with Gasteiger partial charge in [0.25, 0.3) is 0 Å². The highest BCUT2D eigenvalue weighted by molar-refractivity contribution is 6.24. The highest BCUT2D eigenvalue weighted by Gasteiger charge is 2.24. The van der Waals surface area contributed by atoms with Crippen molar-refractivity contribution in [3.05, 3.63) is 271 Å². The molecule has 0 spiro atoms. The van der Waals surface area contributed by atoms with Crippen molar-refractivity contribution in [2.24, 2.45) is 4.99 Å². The maximum absolute atomic E-state index is 5.59. The number of hydrogen-bond acceptors (Lipinski definition) is 2. The monoisotopic (exact) mass is 931 g/mol. The van der Waals surface area contributed by atoms with E-state index in [1.807, 2.05) is 0 Å². The van der Waals surface area contributed by atoms with E-state index in [4.69, 9.17) is 9.98 Å². The standard InChI is InChI=1S/C70H49N3/c1-3-15-46(16-4-1)55-34-31-50-19-11-12-24-64(50)71-66(45-55)56-38-40-61-63(44-56)69(58-36-30-48-18-8-10-21-53(48)42-58)60-39-37-54(43-62(60)68(61)57-35-29-47-17-7-9-20-52(47)41-57)49-27-32-51(33-28-49)70-72-65-25-13-14-26-67(65)73(70)59-22-5-2-6-23-59/h1-30,32-33,35-44,55H,31,34,45H2. The summed E-state index contributed by atoms with van der Waals surface area (Å²) in [5, 5.41) is 9.77. The Morgan fingerprint density at radius 2 is 0.918 bits per heavy atom. The lowest BCUT2D eigenvalue weighted by Crippen LogP contribution is -2.12. The molecule has 1 aromatic heterocycles. The van der Waals surface area contributed by atoms with Crippen molar-refractivity contribution >= 4 is 65.5 Å². The fourth-order valence-corrected chi connectivity index (χ4v) is 11.6. The zero-order chi connectivity index (χ0) is 48.2. The Morgan fingerprint density at radius 3 is 1.62 bits per heavy atom. The summed E-state index contributed by atoms with van der Waals surface area (Å²) in [6.45, 7) is 0. The van der Waals surface area contributed by atoms with Crippen LogP contribution in [0.5, 0.6) is 0 Å². The first kappa shape index (κ1) is 42.7. The third-order valence-electron chi connectivity index (χ3n) is 15.3. The molecule has 12 aromatic carbocycles. The molecule has 0 fully saturated rings. The number of fused-ring (bicyclic) bond motifs is 6. The van der Waals surface area contributed by atoms with Gasteiger partial charge in [-0.15, -0.1) is 0 Å². The molecule has 344 valence electrons. The van der Waals surface area contributed by atoms with Gasteiger partial charge in [-0.1, -0.05) is 200 Å². The van der Waals surface area contributed by atoms with Gasteiger partial charge >= 0.3 is 0 Å². The van der Waals surface area contributed by atoms with Crippen LogP contribution in [0, 0.1) is 0 Å². The number of aromatic nitrogens is 2. The summed E-state index contributed by atoms with van der Waals surface area (Å²) < 4.78 is 2.27. The van der Waals surface area contributed by atoms with Gasteiger partial charge in [-0.2, -0.15) is 0 Å². The highest BCUT2D eigenvalue weighted by atomic mass is 15.1. The fraction of sp³-hybridized carbons (Fsp3) is 0.0571. The van der Waals surface area contributed by atoms with E-state index in [1.54, 1.807) is 0 Å². The first-order valence-electron chi connectivity index (χ1n) is 25.5. The van der Waals surface area contributed by atoms with Crippen molar-refractivity contribution in [2.45, 2.75) is 25.2 Å². The topological polar surface area (TPSA) is 30.2 Å². The molecule has 0 N–H and O–H groups in total. The fourth-order valence-electron chi connectivity index (χ4n) is 11.6. The zero-order valence-electron chi connectivity index (χ0n) is 40.3. The lowest BCUT2D eigenvalue weighted by Gasteiger charge is -2.24. The number of para-hydroxylation sites is 4. The number of benzene rings is 12. The van der Waals surface area contributed by atoms with Gasteiger partial charge in [0, 0.05) is 17.0 Å². The van der Waals surface area contributed by atoms with Crippen LogP contribution in [0.25, 0.3) is 105 Å². The Bertz CT molecular complexity index is 4280. The second kappa shape index (κ2) is 17.9. The number of rotatable bonds is 7. The van der Waals surface area contributed by atoms with Crippen LogP contribution in [0.3, 0.4) is 0 Å². The largest absolute Gasteiger partial charge is 0.292 e. The van der Waals surface area contributed by atoms with Crippen LogP contribution < -0.4 is 0 Å². The third-order valence-corrected chi connectivity index (χ3v) is 15.3. The second-order valence-electron chi connectivity index (χ2n) is 19.6. The molecule has 13 aromatic rings. The van der Waals surface area contributed by atoms with E-state index in [1.165, 1.54) is 76.5 Å². The zero-order valence-corrected chi connectivity index (χ0v) is 40.3. The van der Waals surface area contributed by atoms with Gasteiger partial charge in [-0.3, -0.25) is 9.56 Å². The third kappa shape index (κ3) is 7.69. The molecule has 73 heavy (non-hydrogen) atoms. The molecule has 1 unspecified atom stereocenters. The van der Waals surface area contributed by atoms with E-state index in [9.17, 15) is 0 Å². The Morgan fingerprint density at radius 1 is 0.384 bits per heavy atom. The Hall–Kier alpha value is -9.18. The Labute approximate surface area is 425 Å². The molecule has 3 heteroatoms. The first-order valence-corrected chi connectivity index (χ1v) is 25.5. The SMILES string of the molecule is c1ccc(C2CCc3ccccc3N=C(c3ccc4c(-c5ccc6ccccc6c5)c5cc(-c6ccc(-c7nc8ccccc8n7-c7ccccc7)cc6)ccc5c(-c5ccc6ccccc6c5)c4c3)C2)cc1. The van der Waals surface area contributed by atoms with Gasteiger partial charge in [0.2, 0.25) is 0 Å². The first-order chi connectivity index (χ1) is 36.2. The summed E-state index contributed by atoms with van der Waals surface area (Å²) >= 11 is 0. The maximum Gasteiger partial charge on any atom is 0.145 e. The van der Waals surface area contributed by atoms with E-state index < -0.39 is 0 Å². The van der Waals surface area contributed by atoms with E-state index in [0.717, 1.165) is 75.5 Å². The van der Waals surface area contributed by atoms with Gasteiger partial charge in [0.05, 0.1) is 16.7 Å². The number of nitrogens with zero attached hydrogens (tertiary/aromatic N) is 3. The minimum atomic E-state index is 0.339. The van der Waals surface area contributed by atoms with E-state index in [2.05, 4.69) is 259 Å². The number of aryl methyl sites for hydroxylation is 1. The molecule has 14 rings (SSSR count). The van der Waals surface area contributed by atoms with Crippen LogP contribution in [0.1, 0.15) is 35.4 Å². The molecule has 0 saturated heterocycles.